The fraction of sp³-hybridized carbons (Fsp3) is 0.364. The first kappa shape index (κ1) is 11.9. The van der Waals surface area contributed by atoms with Gasteiger partial charge in [0.25, 0.3) is 0 Å². The average Bonchev–Trinajstić information content (AvgIpc) is 2.54. The Balaban J connectivity index is 2.39. The number of rotatable bonds is 1. The SMILES string of the molecule is O=C(O)C1Cc2cc(C(F)(F)F)ccc2C1O. The van der Waals surface area contributed by atoms with E-state index in [0.29, 0.717) is 0 Å². The number of halogens is 3. The van der Waals surface area contributed by atoms with E-state index in [2.05, 4.69) is 0 Å². The number of benzene rings is 1. The lowest BCUT2D eigenvalue weighted by Gasteiger charge is -2.10. The van der Waals surface area contributed by atoms with E-state index in [0.717, 1.165) is 18.2 Å². The van der Waals surface area contributed by atoms with E-state index < -0.39 is 29.7 Å². The van der Waals surface area contributed by atoms with E-state index >= 15 is 0 Å². The van der Waals surface area contributed by atoms with Gasteiger partial charge in [-0.15, -0.1) is 0 Å². The van der Waals surface area contributed by atoms with E-state index in [1.165, 1.54) is 0 Å². The summed E-state index contributed by atoms with van der Waals surface area (Å²) in [5, 5.41) is 18.4. The van der Waals surface area contributed by atoms with Crippen molar-refractivity contribution in [2.75, 3.05) is 0 Å². The van der Waals surface area contributed by atoms with Crippen LogP contribution in [0.3, 0.4) is 0 Å². The molecule has 2 unspecified atom stereocenters. The van der Waals surface area contributed by atoms with Gasteiger partial charge >= 0.3 is 12.1 Å². The monoisotopic (exact) mass is 246 g/mol. The van der Waals surface area contributed by atoms with Crippen molar-refractivity contribution in [3.8, 4) is 0 Å². The molecule has 0 aromatic heterocycles. The summed E-state index contributed by atoms with van der Waals surface area (Å²) in [5.74, 6) is -2.27. The molecule has 1 aromatic rings. The van der Waals surface area contributed by atoms with Crippen molar-refractivity contribution in [2.24, 2.45) is 5.92 Å². The van der Waals surface area contributed by atoms with Crippen LogP contribution >= 0.6 is 0 Å². The summed E-state index contributed by atoms with van der Waals surface area (Å²) < 4.78 is 37.3. The van der Waals surface area contributed by atoms with Crippen molar-refractivity contribution in [2.45, 2.75) is 18.7 Å². The molecule has 0 amide bonds. The Labute approximate surface area is 94.5 Å². The zero-order chi connectivity index (χ0) is 12.8. The summed E-state index contributed by atoms with van der Waals surface area (Å²) in [6, 6.07) is 2.90. The molecule has 1 aliphatic rings. The second-order valence-electron chi connectivity index (χ2n) is 4.01. The maximum absolute atomic E-state index is 12.4. The van der Waals surface area contributed by atoms with Gasteiger partial charge in [0.05, 0.1) is 17.6 Å². The van der Waals surface area contributed by atoms with Crippen LogP contribution in [0.5, 0.6) is 0 Å². The minimum atomic E-state index is -4.46. The molecule has 0 saturated carbocycles. The van der Waals surface area contributed by atoms with Gasteiger partial charge in [-0.1, -0.05) is 6.07 Å². The van der Waals surface area contributed by atoms with Crippen LogP contribution in [0.2, 0.25) is 0 Å². The fourth-order valence-corrected chi connectivity index (χ4v) is 2.04. The highest BCUT2D eigenvalue weighted by atomic mass is 19.4. The second-order valence-corrected chi connectivity index (χ2v) is 4.01. The minimum absolute atomic E-state index is 0.0737. The van der Waals surface area contributed by atoms with Crippen LogP contribution in [0.1, 0.15) is 22.8 Å². The van der Waals surface area contributed by atoms with Crippen molar-refractivity contribution in [3.63, 3.8) is 0 Å². The summed E-state index contributed by atoms with van der Waals surface area (Å²) in [5.41, 5.74) is -0.306. The van der Waals surface area contributed by atoms with Crippen molar-refractivity contribution in [1.29, 1.82) is 0 Å². The molecular formula is C11H9F3O3. The summed E-state index contributed by atoms with van der Waals surface area (Å²) in [6.45, 7) is 0. The normalized spacial score (nSPS) is 23.5. The highest BCUT2D eigenvalue weighted by Crippen LogP contribution is 2.39. The number of carboxylic acids is 1. The lowest BCUT2D eigenvalue weighted by molar-refractivity contribution is -0.145. The molecule has 1 aliphatic carbocycles. The van der Waals surface area contributed by atoms with Crippen LogP contribution in [0.25, 0.3) is 0 Å². The number of aliphatic hydroxyl groups excluding tert-OH is 1. The number of hydrogen-bond acceptors (Lipinski definition) is 2. The number of aliphatic hydroxyl groups is 1. The Morgan fingerprint density at radius 2 is 2.00 bits per heavy atom. The molecule has 2 rings (SSSR count). The quantitative estimate of drug-likeness (QED) is 0.796. The Morgan fingerprint density at radius 3 is 2.53 bits per heavy atom. The third-order valence-electron chi connectivity index (χ3n) is 2.93. The molecule has 0 spiro atoms. The van der Waals surface area contributed by atoms with Crippen LogP contribution < -0.4 is 0 Å². The number of carboxylic acid groups (broad SMARTS) is 1. The highest BCUT2D eigenvalue weighted by molar-refractivity contribution is 5.73. The summed E-state index contributed by atoms with van der Waals surface area (Å²) in [7, 11) is 0. The van der Waals surface area contributed by atoms with Gasteiger partial charge in [0.1, 0.15) is 0 Å². The maximum Gasteiger partial charge on any atom is 0.416 e. The van der Waals surface area contributed by atoms with E-state index in [9.17, 15) is 23.1 Å². The van der Waals surface area contributed by atoms with Crippen LogP contribution in [0.4, 0.5) is 13.2 Å². The molecule has 0 heterocycles. The van der Waals surface area contributed by atoms with Gasteiger partial charge in [0.15, 0.2) is 0 Å². The van der Waals surface area contributed by atoms with Crippen LogP contribution in [-0.4, -0.2) is 16.2 Å². The third-order valence-corrected chi connectivity index (χ3v) is 2.93. The zero-order valence-electron chi connectivity index (χ0n) is 8.53. The highest BCUT2D eigenvalue weighted by Gasteiger charge is 2.38. The first-order valence-corrected chi connectivity index (χ1v) is 4.91. The molecule has 0 radical (unpaired) electrons. The van der Waals surface area contributed by atoms with Gasteiger partial charge < -0.3 is 10.2 Å². The first-order chi connectivity index (χ1) is 7.80. The molecule has 92 valence electrons. The van der Waals surface area contributed by atoms with Crippen molar-refractivity contribution in [3.05, 3.63) is 34.9 Å². The topological polar surface area (TPSA) is 57.5 Å². The maximum atomic E-state index is 12.4. The molecule has 6 heteroatoms. The smallest absolute Gasteiger partial charge is 0.416 e. The van der Waals surface area contributed by atoms with Crippen molar-refractivity contribution >= 4 is 5.97 Å². The van der Waals surface area contributed by atoms with E-state index in [4.69, 9.17) is 5.11 Å². The first-order valence-electron chi connectivity index (χ1n) is 4.91. The fourth-order valence-electron chi connectivity index (χ4n) is 2.04. The summed E-state index contributed by atoms with van der Waals surface area (Å²) >= 11 is 0. The molecule has 17 heavy (non-hydrogen) atoms. The van der Waals surface area contributed by atoms with E-state index in [-0.39, 0.29) is 17.5 Å². The molecule has 0 bridgehead atoms. The van der Waals surface area contributed by atoms with Crippen molar-refractivity contribution in [1.82, 2.24) is 0 Å². The largest absolute Gasteiger partial charge is 0.481 e. The molecule has 0 saturated heterocycles. The average molecular weight is 246 g/mol. The van der Waals surface area contributed by atoms with Gasteiger partial charge in [-0.3, -0.25) is 4.79 Å². The molecular weight excluding hydrogens is 237 g/mol. The number of hydrogen-bond donors (Lipinski definition) is 2. The Hall–Kier alpha value is -1.56. The minimum Gasteiger partial charge on any atom is -0.481 e. The van der Waals surface area contributed by atoms with Crippen LogP contribution in [-0.2, 0) is 17.4 Å². The number of alkyl halides is 3. The van der Waals surface area contributed by atoms with Gasteiger partial charge in [-0.2, -0.15) is 13.2 Å². The number of aliphatic carboxylic acids is 1. The predicted octanol–water partition coefficient (Wildman–Crippen LogP) is 2.00. The van der Waals surface area contributed by atoms with Gasteiger partial charge in [0, 0.05) is 0 Å². The number of fused-ring (bicyclic) bond motifs is 1. The van der Waals surface area contributed by atoms with Crippen LogP contribution in [0.15, 0.2) is 18.2 Å². The predicted molar refractivity (Wildman–Crippen MR) is 51.2 cm³/mol. The lowest BCUT2D eigenvalue weighted by atomic mass is 10.0. The van der Waals surface area contributed by atoms with E-state index in [1.54, 1.807) is 0 Å². The Morgan fingerprint density at radius 1 is 1.35 bits per heavy atom. The summed E-state index contributed by atoms with van der Waals surface area (Å²) in [6.07, 6.45) is -5.76. The molecule has 2 N–H and O–H groups in total. The molecule has 2 atom stereocenters. The van der Waals surface area contributed by atoms with Gasteiger partial charge in [0.2, 0.25) is 0 Å². The summed E-state index contributed by atoms with van der Waals surface area (Å²) in [4.78, 5) is 10.8. The molecule has 0 fully saturated rings. The lowest BCUT2D eigenvalue weighted by Crippen LogP contribution is -2.17. The number of carbonyl (C=O) groups is 1. The molecule has 1 aromatic carbocycles. The molecule has 3 nitrogen and oxygen atoms in total. The molecule has 0 aliphatic heterocycles. The van der Waals surface area contributed by atoms with Crippen molar-refractivity contribution < 1.29 is 28.2 Å². The third kappa shape index (κ3) is 2.00. The Bertz CT molecular complexity index is 468. The van der Waals surface area contributed by atoms with Gasteiger partial charge in [-0.25, -0.2) is 0 Å². The zero-order valence-corrected chi connectivity index (χ0v) is 8.53. The van der Waals surface area contributed by atoms with Gasteiger partial charge in [-0.05, 0) is 29.7 Å². The Kier molecular flexibility index (Phi) is 2.61. The van der Waals surface area contributed by atoms with E-state index in [1.807, 2.05) is 0 Å². The standard InChI is InChI=1S/C11H9F3O3/c12-11(13,14)6-1-2-7-5(3-6)4-8(9(7)15)10(16)17/h1-3,8-9,15H,4H2,(H,16,17). The second kappa shape index (κ2) is 3.73. The van der Waals surface area contributed by atoms with Crippen LogP contribution in [0, 0.1) is 5.92 Å².